The maximum atomic E-state index is 14.3. The summed E-state index contributed by atoms with van der Waals surface area (Å²) in [5, 5.41) is 10.8. The number of amides is 5. The first-order valence-electron chi connectivity index (χ1n) is 34.3. The van der Waals surface area contributed by atoms with Gasteiger partial charge in [0.25, 0.3) is 11.8 Å². The van der Waals surface area contributed by atoms with Crippen molar-refractivity contribution in [3.05, 3.63) is 183 Å². The Labute approximate surface area is 590 Å². The molecule has 0 radical (unpaired) electrons. The lowest BCUT2D eigenvalue weighted by Crippen LogP contribution is -2.50. The van der Waals surface area contributed by atoms with Crippen molar-refractivity contribution in [1.82, 2.24) is 29.4 Å². The lowest BCUT2D eigenvalue weighted by Gasteiger charge is -2.44. The fourth-order valence-electron chi connectivity index (χ4n) is 14.7. The molecule has 1 aliphatic carbocycles. The second kappa shape index (κ2) is 32.8. The Hall–Kier alpha value is -8.29. The Morgan fingerprint density at radius 3 is 1.98 bits per heavy atom. The highest BCUT2D eigenvalue weighted by Gasteiger charge is 2.50. The van der Waals surface area contributed by atoms with Crippen LogP contribution in [0.4, 0.5) is 46.9 Å². The Balaban J connectivity index is 0.645. The van der Waals surface area contributed by atoms with Crippen LogP contribution in [-0.2, 0) is 48.9 Å². The van der Waals surface area contributed by atoms with E-state index in [-0.39, 0.29) is 61.1 Å². The van der Waals surface area contributed by atoms with Gasteiger partial charge in [-0.05, 0) is 136 Å². The number of hydrogen-bond acceptors (Lipinski definition) is 11. The number of fused-ring (bicyclic) bond motifs is 2. The molecule has 3 aliphatic heterocycles. The van der Waals surface area contributed by atoms with Gasteiger partial charge in [0.1, 0.15) is 30.5 Å². The fourth-order valence-corrected chi connectivity index (χ4v) is 15.0. The highest BCUT2D eigenvalue weighted by atomic mass is 35.5. The number of carboxylic acid groups (broad SMARTS) is 1. The van der Waals surface area contributed by atoms with E-state index in [1.807, 2.05) is 85.7 Å². The van der Waals surface area contributed by atoms with E-state index in [0.717, 1.165) is 53.1 Å². The number of nitrogens with zero attached hydrogens (tertiary/aromatic N) is 8. The molecule has 542 valence electrons. The average molecular weight is 1430 g/mol. The molecule has 0 unspecified atom stereocenters. The SMILES string of the molecule is COc1cc(N(C)CCCCCC(=O)N(C)CCN2CCC(N(C(=O)O)c3ccccc3-c3ccccc3)CC2)c(Cl)cc1C(=O)N(C)CCCN(C)C(=O)CO[C@H]1Cc2ccccc2C12CCN(CC[C@@]1(c3ccc(F)cc3)CN(C(=O)c3cc(C(F)(F)F)cc(C(F)(F)F)c3)CO1)CC2. The van der Waals surface area contributed by atoms with Crippen LogP contribution in [0.2, 0.25) is 5.02 Å². The van der Waals surface area contributed by atoms with E-state index in [9.17, 15) is 59.8 Å². The van der Waals surface area contributed by atoms with E-state index in [0.29, 0.717) is 144 Å². The number of likely N-dealkylation sites (N-methyl/N-ethyl adjacent to an activating group) is 2. The van der Waals surface area contributed by atoms with Gasteiger partial charge in [-0.1, -0.05) is 103 Å². The first-order valence-corrected chi connectivity index (χ1v) is 34.7. The minimum atomic E-state index is -5.16. The molecule has 0 saturated carbocycles. The third-order valence-corrected chi connectivity index (χ3v) is 20.9. The van der Waals surface area contributed by atoms with Gasteiger partial charge in [-0.2, -0.15) is 26.3 Å². The molecule has 1 spiro atoms. The highest BCUT2D eigenvalue weighted by molar-refractivity contribution is 6.33. The van der Waals surface area contributed by atoms with Gasteiger partial charge in [-0.15, -0.1) is 0 Å². The molecular formula is C76H88ClF7N8O9. The van der Waals surface area contributed by atoms with E-state index in [1.54, 1.807) is 40.9 Å². The summed E-state index contributed by atoms with van der Waals surface area (Å²) in [6, 6.07) is 34.9. The fraction of sp³-hybridized carbons (Fsp3) is 0.461. The Kier molecular flexibility index (Phi) is 24.5. The van der Waals surface area contributed by atoms with Crippen molar-refractivity contribution in [3.8, 4) is 16.9 Å². The molecule has 10 rings (SSSR count). The number of unbranched alkanes of at least 4 members (excludes halogenated alkanes) is 2. The summed E-state index contributed by atoms with van der Waals surface area (Å²) in [6.45, 7) is 4.76. The molecule has 3 fully saturated rings. The summed E-state index contributed by atoms with van der Waals surface area (Å²) in [6.07, 6.45) is -4.92. The van der Waals surface area contributed by atoms with Crippen LogP contribution < -0.4 is 14.5 Å². The van der Waals surface area contributed by atoms with Crippen molar-refractivity contribution in [1.29, 1.82) is 0 Å². The third kappa shape index (κ3) is 18.0. The molecule has 17 nitrogen and oxygen atoms in total. The average Bonchev–Trinajstić information content (AvgIpc) is 1.59. The first-order chi connectivity index (χ1) is 48.2. The van der Waals surface area contributed by atoms with E-state index >= 15 is 0 Å². The van der Waals surface area contributed by atoms with Crippen LogP contribution in [0, 0.1) is 5.82 Å². The van der Waals surface area contributed by atoms with Crippen LogP contribution in [0.15, 0.2) is 133 Å². The van der Waals surface area contributed by atoms with Crippen LogP contribution in [-0.4, -0.2) is 197 Å². The Bertz CT molecular complexity index is 3840. The molecule has 2 atom stereocenters. The van der Waals surface area contributed by atoms with Crippen LogP contribution in [0.5, 0.6) is 5.75 Å². The number of benzene rings is 6. The number of para-hydroxylation sites is 1. The maximum absolute atomic E-state index is 14.3. The summed E-state index contributed by atoms with van der Waals surface area (Å²) in [5.41, 5.74) is 0.513. The molecule has 5 amide bonds. The number of hydrogen-bond donors (Lipinski definition) is 1. The minimum Gasteiger partial charge on any atom is -0.496 e. The maximum Gasteiger partial charge on any atom is 0.416 e. The monoisotopic (exact) mass is 1420 g/mol. The number of piperidine rings is 2. The molecule has 1 N–H and O–H groups in total. The van der Waals surface area contributed by atoms with Crippen LogP contribution in [0.3, 0.4) is 0 Å². The largest absolute Gasteiger partial charge is 0.496 e. The highest BCUT2D eigenvalue weighted by Crippen LogP contribution is 2.49. The lowest BCUT2D eigenvalue weighted by atomic mass is 9.72. The summed E-state index contributed by atoms with van der Waals surface area (Å²) in [4.78, 5) is 81.4. The molecule has 4 aliphatic rings. The number of methoxy groups -OCH3 is 1. The Morgan fingerprint density at radius 2 is 1.31 bits per heavy atom. The van der Waals surface area contributed by atoms with Crippen LogP contribution >= 0.6 is 11.6 Å². The van der Waals surface area contributed by atoms with Crippen molar-refractivity contribution in [2.45, 2.75) is 106 Å². The third-order valence-electron chi connectivity index (χ3n) is 20.6. The number of anilines is 2. The van der Waals surface area contributed by atoms with Crippen molar-refractivity contribution in [2.24, 2.45) is 0 Å². The Morgan fingerprint density at radius 1 is 0.673 bits per heavy atom. The predicted molar refractivity (Wildman–Crippen MR) is 372 cm³/mol. The molecule has 25 heteroatoms. The molecule has 6 aromatic rings. The second-order valence-electron chi connectivity index (χ2n) is 27.0. The van der Waals surface area contributed by atoms with Gasteiger partial charge < -0.3 is 53.6 Å². The van der Waals surface area contributed by atoms with Gasteiger partial charge in [-0.25, -0.2) is 9.18 Å². The predicted octanol–water partition coefficient (Wildman–Crippen LogP) is 13.6. The molecular weight excluding hydrogens is 1340 g/mol. The zero-order chi connectivity index (χ0) is 72.4. The van der Waals surface area contributed by atoms with Gasteiger partial charge in [0.15, 0.2) is 0 Å². The van der Waals surface area contributed by atoms with E-state index in [1.165, 1.54) is 36.3 Å². The van der Waals surface area contributed by atoms with Gasteiger partial charge in [0.2, 0.25) is 11.8 Å². The number of rotatable bonds is 27. The van der Waals surface area contributed by atoms with E-state index in [2.05, 4.69) is 21.9 Å². The van der Waals surface area contributed by atoms with Gasteiger partial charge in [0.05, 0.1) is 52.8 Å². The summed E-state index contributed by atoms with van der Waals surface area (Å²) >= 11 is 6.87. The van der Waals surface area contributed by atoms with Crippen molar-refractivity contribution >= 4 is 52.7 Å². The molecule has 3 saturated heterocycles. The number of ether oxygens (including phenoxy) is 3. The molecule has 6 aromatic carbocycles. The lowest BCUT2D eigenvalue weighted by molar-refractivity contribution is -0.143. The smallest absolute Gasteiger partial charge is 0.416 e. The van der Waals surface area contributed by atoms with Gasteiger partial charge in [-0.3, -0.25) is 24.1 Å². The van der Waals surface area contributed by atoms with Crippen LogP contribution in [0.25, 0.3) is 11.1 Å². The molecule has 0 aromatic heterocycles. The first kappa shape index (κ1) is 75.4. The quantitative estimate of drug-likeness (QED) is 0.0385. The van der Waals surface area contributed by atoms with Gasteiger partial charge in [0, 0.05) is 116 Å². The molecule has 101 heavy (non-hydrogen) atoms. The van der Waals surface area contributed by atoms with Gasteiger partial charge >= 0.3 is 18.4 Å². The number of alkyl halides is 6. The number of halogens is 8. The van der Waals surface area contributed by atoms with Crippen molar-refractivity contribution < 1.29 is 74.0 Å². The number of likely N-dealkylation sites (tertiary alicyclic amines) is 2. The number of carbonyl (C=O) groups is 5. The number of carbonyl (C=O) groups excluding carboxylic acids is 4. The molecule has 3 heterocycles. The van der Waals surface area contributed by atoms with E-state index < -0.39 is 64.6 Å². The summed E-state index contributed by atoms with van der Waals surface area (Å²) in [7, 11) is 8.61. The normalized spacial score (nSPS) is 18.0. The summed E-state index contributed by atoms with van der Waals surface area (Å²) < 4.78 is 116. The minimum absolute atomic E-state index is 0.0326. The topological polar surface area (TPSA) is 159 Å². The van der Waals surface area contributed by atoms with Crippen molar-refractivity contribution in [3.63, 3.8) is 0 Å². The van der Waals surface area contributed by atoms with E-state index in [4.69, 9.17) is 25.8 Å². The molecule has 0 bridgehead atoms. The second-order valence-corrected chi connectivity index (χ2v) is 27.4. The zero-order valence-corrected chi connectivity index (χ0v) is 58.4. The van der Waals surface area contributed by atoms with Crippen molar-refractivity contribution in [2.75, 3.05) is 130 Å². The standard InChI is InChI=1S/C76H88ClF7N8O9/c1-85(33-15-7-10-23-68(93)87(3)41-42-89-36-28-59(29-37-89)92(72(97)98)64-22-14-12-20-60(64)52-17-8-6-9-18-52)65-48-66(99-5)61(47-63(65)77)71(96)88(4)35-16-34-86(2)69(94)49-100-67-45-53-19-11-13-21-62(53)73(67)30-38-90(39-31-73)40-32-74(55-24-26-58(78)27-25-55)50-91(51-101-74)70(95)54-43-56(75(79,80)81)46-57(44-54)76(82,83)84/h6,8-9,11-14,17-22,24-27,43-44,46-48,59,67H,7,10,15-16,23,28-42,45,49-51H2,1-5H3,(H,97,98)/t67-,74-/m0/s1. The zero-order valence-electron chi connectivity index (χ0n) is 57.6. The summed E-state index contributed by atoms with van der Waals surface area (Å²) in [5.74, 6) is -1.73. The van der Waals surface area contributed by atoms with Crippen LogP contribution in [0.1, 0.15) is 113 Å².